The van der Waals surface area contributed by atoms with Crippen molar-refractivity contribution in [2.75, 3.05) is 33.3 Å². The summed E-state index contributed by atoms with van der Waals surface area (Å²) >= 11 is 0. The average molecular weight is 251 g/mol. The lowest BCUT2D eigenvalue weighted by Crippen LogP contribution is -2.48. The van der Waals surface area contributed by atoms with Crippen molar-refractivity contribution in [2.24, 2.45) is 0 Å². The second-order valence-electron chi connectivity index (χ2n) is 4.23. The summed E-state index contributed by atoms with van der Waals surface area (Å²) in [7, 11) is 1.85. The first-order chi connectivity index (χ1) is 8.70. The minimum atomic E-state index is -0.263. The maximum Gasteiger partial charge on any atom is 0.270 e. The largest absolute Gasteiger partial charge is 0.373 e. The topological polar surface area (TPSA) is 74.4 Å². The van der Waals surface area contributed by atoms with Crippen LogP contribution in [0.5, 0.6) is 0 Å². The molecule has 6 heteroatoms. The molecule has 1 atom stereocenters. The Morgan fingerprint density at radius 1 is 1.61 bits per heavy atom. The molecule has 0 radical (unpaired) electrons. The number of hydrogen-bond donors (Lipinski definition) is 2. The summed E-state index contributed by atoms with van der Waals surface area (Å²) in [6.45, 7) is 2.32. The van der Waals surface area contributed by atoms with Crippen molar-refractivity contribution < 1.29 is 9.53 Å². The van der Waals surface area contributed by atoms with Gasteiger partial charge in [-0.05, 0) is 13.1 Å². The molecule has 1 fully saturated rings. The van der Waals surface area contributed by atoms with Gasteiger partial charge in [-0.2, -0.15) is 0 Å². The lowest BCUT2D eigenvalue weighted by molar-refractivity contribution is -0.0198. The van der Waals surface area contributed by atoms with Gasteiger partial charge in [0.05, 0.1) is 12.7 Å². The predicted molar refractivity (Wildman–Crippen MR) is 66.6 cm³/mol. The predicted octanol–water partition coefficient (Wildman–Crippen LogP) is -0.565. The van der Waals surface area contributed by atoms with Crippen molar-refractivity contribution in [1.82, 2.24) is 15.2 Å². The molecule has 98 valence electrons. The van der Waals surface area contributed by atoms with Crippen LogP contribution in [0.3, 0.4) is 0 Å². The molecule has 1 aliphatic heterocycles. The summed E-state index contributed by atoms with van der Waals surface area (Å²) in [4.78, 5) is 27.6. The fraction of sp³-hybridized carbons (Fsp3) is 0.500. The maximum absolute atomic E-state index is 12.2. The fourth-order valence-electron chi connectivity index (χ4n) is 2.00. The van der Waals surface area contributed by atoms with Gasteiger partial charge in [0.25, 0.3) is 5.91 Å². The van der Waals surface area contributed by atoms with Gasteiger partial charge >= 0.3 is 0 Å². The Balaban J connectivity index is 2.06. The zero-order chi connectivity index (χ0) is 13.0. The molecule has 2 rings (SSSR count). The number of carbonyl (C=O) groups is 1. The first kappa shape index (κ1) is 12.8. The Hall–Kier alpha value is -1.66. The summed E-state index contributed by atoms with van der Waals surface area (Å²) in [5.41, 5.74) is 0.0634. The summed E-state index contributed by atoms with van der Waals surface area (Å²) < 4.78 is 5.53. The van der Waals surface area contributed by atoms with Crippen LogP contribution < -0.4 is 10.9 Å². The molecule has 0 spiro atoms. The minimum Gasteiger partial charge on any atom is -0.373 e. The molecular formula is C12H17N3O3. The monoisotopic (exact) mass is 251 g/mol. The van der Waals surface area contributed by atoms with Crippen LogP contribution in [0.25, 0.3) is 0 Å². The van der Waals surface area contributed by atoms with E-state index in [0.29, 0.717) is 31.9 Å². The van der Waals surface area contributed by atoms with Gasteiger partial charge in [0, 0.05) is 25.7 Å². The average Bonchev–Trinajstić information content (AvgIpc) is 2.39. The van der Waals surface area contributed by atoms with E-state index >= 15 is 0 Å². The van der Waals surface area contributed by atoms with E-state index in [0.717, 1.165) is 0 Å². The summed E-state index contributed by atoms with van der Waals surface area (Å²) in [6, 6.07) is 4.59. The number of likely N-dealkylation sites (N-methyl/N-ethyl adjacent to an activating group) is 1. The third-order valence-corrected chi connectivity index (χ3v) is 2.86. The zero-order valence-corrected chi connectivity index (χ0v) is 10.3. The first-order valence-corrected chi connectivity index (χ1v) is 5.95. The summed E-state index contributed by atoms with van der Waals surface area (Å²) in [5.74, 6) is -0.155. The van der Waals surface area contributed by atoms with Crippen molar-refractivity contribution in [3.63, 3.8) is 0 Å². The number of ether oxygens (including phenoxy) is 1. The molecule has 0 saturated carbocycles. The van der Waals surface area contributed by atoms with Crippen LogP contribution in [0.1, 0.15) is 10.5 Å². The number of hydrogen-bond acceptors (Lipinski definition) is 4. The molecule has 0 aromatic carbocycles. The molecule has 2 heterocycles. The number of amides is 1. The van der Waals surface area contributed by atoms with Crippen molar-refractivity contribution in [3.05, 3.63) is 34.2 Å². The number of carbonyl (C=O) groups excluding carboxylic acids is 1. The van der Waals surface area contributed by atoms with Gasteiger partial charge in [0.1, 0.15) is 5.69 Å². The molecule has 18 heavy (non-hydrogen) atoms. The molecule has 1 unspecified atom stereocenters. The van der Waals surface area contributed by atoms with E-state index in [2.05, 4.69) is 10.3 Å². The maximum atomic E-state index is 12.2. The van der Waals surface area contributed by atoms with Crippen molar-refractivity contribution in [2.45, 2.75) is 6.10 Å². The standard InChI is InChI=1S/C12H17N3O3/c1-13-7-9-8-15(5-6-18-9)12(17)10-3-2-4-11(16)14-10/h2-4,9,13H,5-8H2,1H3,(H,14,16). The van der Waals surface area contributed by atoms with Gasteiger partial charge in [-0.15, -0.1) is 0 Å². The number of rotatable bonds is 3. The van der Waals surface area contributed by atoms with Crippen LogP contribution in [0, 0.1) is 0 Å². The van der Waals surface area contributed by atoms with Gasteiger partial charge in [-0.25, -0.2) is 0 Å². The first-order valence-electron chi connectivity index (χ1n) is 5.95. The van der Waals surface area contributed by atoms with Gasteiger partial charge in [0.2, 0.25) is 5.56 Å². The summed E-state index contributed by atoms with van der Waals surface area (Å²) in [5, 5.41) is 3.02. The highest BCUT2D eigenvalue weighted by molar-refractivity contribution is 5.92. The van der Waals surface area contributed by atoms with Crippen molar-refractivity contribution in [1.29, 1.82) is 0 Å². The Labute approximate surface area is 105 Å². The van der Waals surface area contributed by atoms with E-state index in [1.165, 1.54) is 6.07 Å². The van der Waals surface area contributed by atoms with Crippen LogP contribution in [-0.4, -0.2) is 55.2 Å². The van der Waals surface area contributed by atoms with Crippen LogP contribution in [-0.2, 0) is 4.74 Å². The number of H-pyrrole nitrogens is 1. The van der Waals surface area contributed by atoms with Crippen LogP contribution in [0.15, 0.2) is 23.0 Å². The van der Waals surface area contributed by atoms with Gasteiger partial charge in [-0.1, -0.05) is 6.07 Å². The fourth-order valence-corrected chi connectivity index (χ4v) is 2.00. The van der Waals surface area contributed by atoms with Gasteiger partial charge < -0.3 is 19.9 Å². The molecule has 1 saturated heterocycles. The number of nitrogens with zero attached hydrogens (tertiary/aromatic N) is 1. The van der Waals surface area contributed by atoms with E-state index in [-0.39, 0.29) is 17.6 Å². The van der Waals surface area contributed by atoms with E-state index in [9.17, 15) is 9.59 Å². The smallest absolute Gasteiger partial charge is 0.270 e. The normalized spacial score (nSPS) is 19.8. The summed E-state index contributed by atoms with van der Waals surface area (Å²) in [6.07, 6.45) is 0.00290. The molecule has 0 bridgehead atoms. The molecule has 1 amide bonds. The number of pyridine rings is 1. The Morgan fingerprint density at radius 3 is 3.17 bits per heavy atom. The number of morpholine rings is 1. The molecule has 6 nitrogen and oxygen atoms in total. The molecular weight excluding hydrogens is 234 g/mol. The Kier molecular flexibility index (Phi) is 4.11. The minimum absolute atomic E-state index is 0.00290. The molecule has 0 aliphatic carbocycles. The highest BCUT2D eigenvalue weighted by Gasteiger charge is 2.24. The van der Waals surface area contributed by atoms with Crippen LogP contribution in [0.4, 0.5) is 0 Å². The van der Waals surface area contributed by atoms with Crippen molar-refractivity contribution in [3.8, 4) is 0 Å². The number of nitrogens with one attached hydrogen (secondary N) is 2. The lowest BCUT2D eigenvalue weighted by atomic mass is 10.2. The second-order valence-corrected chi connectivity index (χ2v) is 4.23. The molecule has 1 aliphatic rings. The highest BCUT2D eigenvalue weighted by Crippen LogP contribution is 2.08. The Morgan fingerprint density at radius 2 is 2.44 bits per heavy atom. The van der Waals surface area contributed by atoms with Crippen LogP contribution >= 0.6 is 0 Å². The van der Waals surface area contributed by atoms with E-state index in [1.807, 2.05) is 7.05 Å². The van der Waals surface area contributed by atoms with E-state index in [4.69, 9.17) is 4.74 Å². The lowest BCUT2D eigenvalue weighted by Gasteiger charge is -2.32. The molecule has 2 N–H and O–H groups in total. The van der Waals surface area contributed by atoms with Crippen LogP contribution in [0.2, 0.25) is 0 Å². The number of aromatic amines is 1. The van der Waals surface area contributed by atoms with Gasteiger partial charge in [-0.3, -0.25) is 9.59 Å². The molecule has 1 aromatic heterocycles. The molecule has 1 aromatic rings. The zero-order valence-electron chi connectivity index (χ0n) is 10.3. The quantitative estimate of drug-likeness (QED) is 0.755. The number of aromatic nitrogens is 1. The van der Waals surface area contributed by atoms with E-state index in [1.54, 1.807) is 17.0 Å². The highest BCUT2D eigenvalue weighted by atomic mass is 16.5. The second kappa shape index (κ2) is 5.79. The third-order valence-electron chi connectivity index (χ3n) is 2.86. The van der Waals surface area contributed by atoms with Gasteiger partial charge in [0.15, 0.2) is 0 Å². The van der Waals surface area contributed by atoms with E-state index < -0.39 is 0 Å². The SMILES string of the molecule is CNCC1CN(C(=O)c2cccc(=O)[nH]2)CCO1. The van der Waals surface area contributed by atoms with Crippen molar-refractivity contribution >= 4 is 5.91 Å². The third kappa shape index (κ3) is 2.96. The Bertz CT molecular complexity index is 470.